The highest BCUT2D eigenvalue weighted by Crippen LogP contribution is 2.31. The van der Waals surface area contributed by atoms with Gasteiger partial charge in [-0.25, -0.2) is 0 Å². The Hall–Kier alpha value is -0.300. The van der Waals surface area contributed by atoms with Crippen LogP contribution < -0.4 is 0 Å². The van der Waals surface area contributed by atoms with E-state index >= 15 is 0 Å². The van der Waals surface area contributed by atoms with E-state index in [-0.39, 0.29) is 10.6 Å². The Morgan fingerprint density at radius 2 is 2.25 bits per heavy atom. The SMILES string of the molecule is CSc1c(I)cccc1[N+](=O)[O-]. The van der Waals surface area contributed by atoms with Crippen LogP contribution in [0.4, 0.5) is 5.69 Å². The number of nitro benzene ring substituents is 1. The lowest BCUT2D eigenvalue weighted by Gasteiger charge is -2.00. The van der Waals surface area contributed by atoms with Crippen LogP contribution in [0.15, 0.2) is 23.1 Å². The predicted molar refractivity (Wildman–Crippen MR) is 57.6 cm³/mol. The second-order valence-electron chi connectivity index (χ2n) is 2.05. The summed E-state index contributed by atoms with van der Waals surface area (Å²) in [5.41, 5.74) is 0.189. The van der Waals surface area contributed by atoms with Gasteiger partial charge in [-0.15, -0.1) is 11.8 Å². The Bertz CT molecular complexity index is 316. The first-order valence-electron chi connectivity index (χ1n) is 3.13. The zero-order valence-electron chi connectivity index (χ0n) is 6.28. The maximum absolute atomic E-state index is 10.5. The number of hydrogen-bond donors (Lipinski definition) is 0. The molecule has 0 aromatic heterocycles. The highest BCUT2D eigenvalue weighted by Gasteiger charge is 2.14. The lowest BCUT2D eigenvalue weighted by atomic mass is 10.3. The normalized spacial score (nSPS) is 9.83. The number of hydrogen-bond acceptors (Lipinski definition) is 3. The smallest absolute Gasteiger partial charge is 0.258 e. The van der Waals surface area contributed by atoms with Crippen molar-refractivity contribution in [2.45, 2.75) is 4.90 Å². The molecule has 12 heavy (non-hydrogen) atoms. The standard InChI is InChI=1S/C7H6INO2S/c1-12-7-5(8)3-2-4-6(7)9(10)11/h2-4H,1H3. The molecule has 3 nitrogen and oxygen atoms in total. The van der Waals surface area contributed by atoms with Crippen molar-refractivity contribution in [2.24, 2.45) is 0 Å². The van der Waals surface area contributed by atoms with Crippen molar-refractivity contribution >= 4 is 40.0 Å². The van der Waals surface area contributed by atoms with Gasteiger partial charge >= 0.3 is 0 Å². The molecule has 0 fully saturated rings. The summed E-state index contributed by atoms with van der Waals surface area (Å²) < 4.78 is 0.925. The minimum absolute atomic E-state index is 0.189. The van der Waals surface area contributed by atoms with E-state index < -0.39 is 0 Å². The van der Waals surface area contributed by atoms with Crippen molar-refractivity contribution in [2.75, 3.05) is 6.26 Å². The topological polar surface area (TPSA) is 43.1 Å². The van der Waals surface area contributed by atoms with Crippen LogP contribution in [0.3, 0.4) is 0 Å². The highest BCUT2D eigenvalue weighted by atomic mass is 127. The van der Waals surface area contributed by atoms with Gasteiger partial charge in [-0.3, -0.25) is 10.1 Å². The maximum atomic E-state index is 10.5. The van der Waals surface area contributed by atoms with Gasteiger partial charge in [0.25, 0.3) is 5.69 Å². The van der Waals surface area contributed by atoms with E-state index in [9.17, 15) is 10.1 Å². The Morgan fingerprint density at radius 1 is 1.58 bits per heavy atom. The Labute approximate surface area is 87.8 Å². The number of nitrogens with zero attached hydrogens (tertiary/aromatic N) is 1. The minimum Gasteiger partial charge on any atom is -0.258 e. The van der Waals surface area contributed by atoms with E-state index in [1.54, 1.807) is 6.07 Å². The third kappa shape index (κ3) is 1.89. The molecule has 1 aromatic rings. The Balaban J connectivity index is 3.27. The van der Waals surface area contributed by atoms with Crippen LogP contribution >= 0.6 is 34.4 Å². The average molecular weight is 295 g/mol. The number of rotatable bonds is 2. The number of benzene rings is 1. The van der Waals surface area contributed by atoms with Crippen LogP contribution in [0, 0.1) is 13.7 Å². The first-order chi connectivity index (χ1) is 5.66. The molecule has 0 heterocycles. The molecule has 64 valence electrons. The minimum atomic E-state index is -0.353. The summed E-state index contributed by atoms with van der Waals surface area (Å²) in [6.07, 6.45) is 1.84. The van der Waals surface area contributed by atoms with Crippen LogP contribution in [0.1, 0.15) is 0 Å². The van der Waals surface area contributed by atoms with E-state index in [2.05, 4.69) is 22.6 Å². The summed E-state index contributed by atoms with van der Waals surface area (Å²) in [6.45, 7) is 0. The van der Waals surface area contributed by atoms with E-state index in [0.717, 1.165) is 8.47 Å². The van der Waals surface area contributed by atoms with Crippen molar-refractivity contribution in [1.29, 1.82) is 0 Å². The van der Waals surface area contributed by atoms with Gasteiger partial charge in [0.2, 0.25) is 0 Å². The molecular formula is C7H6INO2S. The van der Waals surface area contributed by atoms with Gasteiger partial charge in [0.1, 0.15) is 0 Å². The van der Waals surface area contributed by atoms with Crippen LogP contribution in [-0.4, -0.2) is 11.2 Å². The molecule has 0 saturated heterocycles. The van der Waals surface area contributed by atoms with Crippen LogP contribution in [0.5, 0.6) is 0 Å². The molecule has 1 aromatic carbocycles. The largest absolute Gasteiger partial charge is 0.283 e. The Kier molecular flexibility index (Phi) is 3.33. The molecule has 1 rings (SSSR count). The fraction of sp³-hybridized carbons (Fsp3) is 0.143. The zero-order valence-corrected chi connectivity index (χ0v) is 9.26. The van der Waals surface area contributed by atoms with Crippen molar-refractivity contribution < 1.29 is 4.92 Å². The highest BCUT2D eigenvalue weighted by molar-refractivity contribution is 14.1. The predicted octanol–water partition coefficient (Wildman–Crippen LogP) is 2.92. The molecule has 0 atom stereocenters. The van der Waals surface area contributed by atoms with Gasteiger partial charge in [-0.2, -0.15) is 0 Å². The lowest BCUT2D eigenvalue weighted by Crippen LogP contribution is -1.91. The summed E-state index contributed by atoms with van der Waals surface area (Å²) in [5, 5.41) is 10.5. The summed E-state index contributed by atoms with van der Waals surface area (Å²) >= 11 is 3.50. The van der Waals surface area contributed by atoms with Crippen LogP contribution in [0.25, 0.3) is 0 Å². The Morgan fingerprint density at radius 3 is 2.67 bits per heavy atom. The molecule has 0 aliphatic carbocycles. The quantitative estimate of drug-likeness (QED) is 0.365. The second kappa shape index (κ2) is 4.08. The fourth-order valence-electron chi connectivity index (χ4n) is 0.843. The van der Waals surface area contributed by atoms with Crippen LogP contribution in [0.2, 0.25) is 0 Å². The van der Waals surface area contributed by atoms with E-state index in [1.165, 1.54) is 17.8 Å². The number of nitro groups is 1. The van der Waals surface area contributed by atoms with Gasteiger partial charge in [0, 0.05) is 9.64 Å². The average Bonchev–Trinajstić information content (AvgIpc) is 2.03. The summed E-state index contributed by atoms with van der Waals surface area (Å²) in [6, 6.07) is 5.08. The molecule has 5 heteroatoms. The molecule has 0 saturated carbocycles. The van der Waals surface area contributed by atoms with Crippen LogP contribution in [-0.2, 0) is 0 Å². The molecule has 0 aliphatic rings. The van der Waals surface area contributed by atoms with Crippen molar-refractivity contribution in [3.63, 3.8) is 0 Å². The van der Waals surface area contributed by atoms with E-state index in [1.807, 2.05) is 12.3 Å². The van der Waals surface area contributed by atoms with Gasteiger partial charge in [0.05, 0.1) is 9.82 Å². The van der Waals surface area contributed by atoms with E-state index in [0.29, 0.717) is 0 Å². The summed E-state index contributed by atoms with van der Waals surface area (Å²) in [5.74, 6) is 0. The number of halogens is 1. The molecule has 0 unspecified atom stereocenters. The van der Waals surface area contributed by atoms with Crippen molar-refractivity contribution in [3.8, 4) is 0 Å². The molecule has 0 radical (unpaired) electrons. The lowest BCUT2D eigenvalue weighted by molar-refractivity contribution is -0.387. The van der Waals surface area contributed by atoms with Crippen molar-refractivity contribution in [3.05, 3.63) is 31.9 Å². The number of thioether (sulfide) groups is 1. The monoisotopic (exact) mass is 295 g/mol. The van der Waals surface area contributed by atoms with Gasteiger partial charge in [0.15, 0.2) is 0 Å². The molecule has 0 spiro atoms. The first-order valence-corrected chi connectivity index (χ1v) is 5.44. The third-order valence-electron chi connectivity index (χ3n) is 1.35. The maximum Gasteiger partial charge on any atom is 0.283 e. The molecule has 0 amide bonds. The summed E-state index contributed by atoms with van der Waals surface area (Å²) in [4.78, 5) is 10.9. The summed E-state index contributed by atoms with van der Waals surface area (Å²) in [7, 11) is 0. The van der Waals surface area contributed by atoms with Gasteiger partial charge < -0.3 is 0 Å². The molecule has 0 bridgehead atoms. The van der Waals surface area contributed by atoms with Crippen molar-refractivity contribution in [1.82, 2.24) is 0 Å². The third-order valence-corrected chi connectivity index (χ3v) is 3.45. The first kappa shape index (κ1) is 9.79. The molecule has 0 N–H and O–H groups in total. The van der Waals surface area contributed by atoms with Gasteiger partial charge in [-0.1, -0.05) is 6.07 Å². The second-order valence-corrected chi connectivity index (χ2v) is 4.03. The van der Waals surface area contributed by atoms with E-state index in [4.69, 9.17) is 0 Å². The van der Waals surface area contributed by atoms with Gasteiger partial charge in [-0.05, 0) is 34.9 Å². The zero-order chi connectivity index (χ0) is 9.14. The molecule has 0 aliphatic heterocycles. The molecular weight excluding hydrogens is 289 g/mol. The fourth-order valence-corrected chi connectivity index (χ4v) is 2.60.